The van der Waals surface area contributed by atoms with Crippen LogP contribution in [0.15, 0.2) is 11.6 Å². The molecule has 39 heavy (non-hydrogen) atoms. The highest BCUT2D eigenvalue weighted by Gasteiger charge is 2.59. The molecule has 1 saturated heterocycles. The van der Waals surface area contributed by atoms with Gasteiger partial charge in [-0.25, -0.2) is 0 Å². The second-order valence-corrected chi connectivity index (χ2v) is 15.2. The third-order valence-electron chi connectivity index (χ3n) is 13.1. The quantitative estimate of drug-likeness (QED) is 0.303. The Balaban J connectivity index is 1.23. The minimum absolute atomic E-state index is 0.00351. The van der Waals surface area contributed by atoms with E-state index in [0.717, 1.165) is 60.7 Å². The van der Waals surface area contributed by atoms with Crippen molar-refractivity contribution in [1.29, 1.82) is 0 Å². The normalized spacial score (nSPS) is 47.6. The lowest BCUT2D eigenvalue weighted by molar-refractivity contribution is -0.284. The average molecular weight is 547 g/mol. The number of aliphatic hydroxyl groups is 3. The maximum Gasteiger partial charge on any atom is 0.186 e. The van der Waals surface area contributed by atoms with Crippen LogP contribution in [0.3, 0.4) is 0 Å². The van der Waals surface area contributed by atoms with Crippen LogP contribution in [0.25, 0.3) is 0 Å². The fourth-order valence-corrected chi connectivity index (χ4v) is 10.5. The molecule has 0 radical (unpaired) electrons. The standard InChI is InChI=1S/C34H58O5/c1-7-22(20(2)3)9-8-21(4)26-12-13-27-25-11-10-23-18-24(39-32-31(37)30(36)29(35)19-38-32)14-16-33(23,5)28(25)15-17-34(26,27)6/h10,20-22,24-32,35-37H,7-9,11-19H2,1-6H3/t21-,22?,24+,25+,26-,27+,28+,29+,30-,31+,32+,33+,34-/m1/s1. The molecule has 3 N–H and O–H groups in total. The molecule has 5 rings (SSSR count). The Morgan fingerprint density at radius 2 is 1.74 bits per heavy atom. The summed E-state index contributed by atoms with van der Waals surface area (Å²) in [7, 11) is 0. The molecule has 4 fully saturated rings. The Kier molecular flexibility index (Phi) is 8.98. The second kappa shape index (κ2) is 11.7. The SMILES string of the molecule is CCC(CC[C@@H](C)[C@H]1CC[C@H]2[C@@H]3CC=C4C[C@@H](O[C@@H]5OC[C@H](O)[C@@H](O)[C@@H]5O)CC[C@]4(C)[C@H]3CC[C@]12C)C(C)C. The average Bonchev–Trinajstić information content (AvgIpc) is 3.26. The molecule has 0 bridgehead atoms. The van der Waals surface area contributed by atoms with Crippen LogP contribution in [0.4, 0.5) is 0 Å². The van der Waals surface area contributed by atoms with Crippen LogP contribution in [0.1, 0.15) is 112 Å². The summed E-state index contributed by atoms with van der Waals surface area (Å²) in [6, 6.07) is 0. The predicted molar refractivity (Wildman–Crippen MR) is 155 cm³/mol. The van der Waals surface area contributed by atoms with Crippen LogP contribution in [-0.4, -0.2) is 52.6 Å². The third kappa shape index (κ3) is 5.42. The number of fused-ring (bicyclic) bond motifs is 5. The first-order valence-electron chi connectivity index (χ1n) is 16.5. The molecule has 0 aromatic carbocycles. The van der Waals surface area contributed by atoms with Crippen LogP contribution in [0, 0.1) is 52.3 Å². The van der Waals surface area contributed by atoms with Gasteiger partial charge in [0.2, 0.25) is 0 Å². The largest absolute Gasteiger partial charge is 0.388 e. The van der Waals surface area contributed by atoms with Crippen LogP contribution < -0.4 is 0 Å². The molecule has 1 aliphatic heterocycles. The second-order valence-electron chi connectivity index (χ2n) is 15.2. The Labute approximate surface area is 238 Å². The molecule has 1 unspecified atom stereocenters. The molecule has 5 nitrogen and oxygen atoms in total. The van der Waals surface area contributed by atoms with E-state index in [0.29, 0.717) is 5.41 Å². The Hall–Kier alpha value is -0.460. The number of hydrogen-bond donors (Lipinski definition) is 3. The smallest absolute Gasteiger partial charge is 0.186 e. The minimum Gasteiger partial charge on any atom is -0.388 e. The summed E-state index contributed by atoms with van der Waals surface area (Å²) >= 11 is 0. The molecule has 0 amide bonds. The first kappa shape index (κ1) is 30.0. The Bertz CT molecular complexity index is 872. The molecule has 3 saturated carbocycles. The summed E-state index contributed by atoms with van der Waals surface area (Å²) < 4.78 is 11.8. The van der Waals surface area contributed by atoms with Gasteiger partial charge in [-0.3, -0.25) is 0 Å². The molecule has 0 spiro atoms. The van der Waals surface area contributed by atoms with Gasteiger partial charge >= 0.3 is 0 Å². The molecule has 0 aromatic heterocycles. The first-order chi connectivity index (χ1) is 18.5. The lowest BCUT2D eigenvalue weighted by Crippen LogP contribution is -2.55. The van der Waals surface area contributed by atoms with Gasteiger partial charge in [0, 0.05) is 0 Å². The van der Waals surface area contributed by atoms with Crippen LogP contribution in [0.2, 0.25) is 0 Å². The molecule has 13 atom stereocenters. The van der Waals surface area contributed by atoms with Crippen molar-refractivity contribution in [2.75, 3.05) is 6.61 Å². The number of rotatable bonds is 8. The van der Waals surface area contributed by atoms with E-state index in [4.69, 9.17) is 9.47 Å². The number of hydrogen-bond acceptors (Lipinski definition) is 5. The fourth-order valence-electron chi connectivity index (χ4n) is 10.5. The van der Waals surface area contributed by atoms with E-state index >= 15 is 0 Å². The van der Waals surface area contributed by atoms with Gasteiger partial charge in [0.15, 0.2) is 6.29 Å². The van der Waals surface area contributed by atoms with Crippen molar-refractivity contribution in [3.63, 3.8) is 0 Å². The predicted octanol–water partition coefficient (Wildman–Crippen LogP) is 6.49. The third-order valence-corrected chi connectivity index (χ3v) is 13.1. The molecule has 0 aromatic rings. The lowest BCUT2D eigenvalue weighted by atomic mass is 9.47. The maximum absolute atomic E-state index is 10.4. The summed E-state index contributed by atoms with van der Waals surface area (Å²) in [6.07, 6.45) is 12.1. The molecule has 5 aliphatic rings. The van der Waals surface area contributed by atoms with Gasteiger partial charge in [0.05, 0.1) is 12.7 Å². The van der Waals surface area contributed by atoms with E-state index < -0.39 is 24.6 Å². The molecular weight excluding hydrogens is 488 g/mol. The van der Waals surface area contributed by atoms with Gasteiger partial charge in [-0.05, 0) is 110 Å². The van der Waals surface area contributed by atoms with Crippen LogP contribution >= 0.6 is 0 Å². The number of aliphatic hydroxyl groups excluding tert-OH is 3. The highest BCUT2D eigenvalue weighted by atomic mass is 16.7. The van der Waals surface area contributed by atoms with E-state index in [1.807, 2.05) is 0 Å². The van der Waals surface area contributed by atoms with Crippen molar-refractivity contribution in [2.45, 2.75) is 143 Å². The van der Waals surface area contributed by atoms with Crippen molar-refractivity contribution < 1.29 is 24.8 Å². The monoisotopic (exact) mass is 546 g/mol. The highest BCUT2D eigenvalue weighted by molar-refractivity contribution is 5.25. The summed E-state index contributed by atoms with van der Waals surface area (Å²) in [5, 5.41) is 30.2. The van der Waals surface area contributed by atoms with Crippen LogP contribution in [-0.2, 0) is 9.47 Å². The van der Waals surface area contributed by atoms with Crippen LogP contribution in [0.5, 0.6) is 0 Å². The van der Waals surface area contributed by atoms with Gasteiger partial charge in [-0.1, -0.05) is 66.0 Å². The summed E-state index contributed by atoms with van der Waals surface area (Å²) in [6.45, 7) is 15.0. The topological polar surface area (TPSA) is 79.2 Å². The van der Waals surface area contributed by atoms with Gasteiger partial charge in [-0.2, -0.15) is 0 Å². The molecular formula is C34H58O5. The fraction of sp³-hybridized carbons (Fsp3) is 0.941. The Morgan fingerprint density at radius 3 is 2.46 bits per heavy atom. The molecule has 1 heterocycles. The summed E-state index contributed by atoms with van der Waals surface area (Å²) in [4.78, 5) is 0. The van der Waals surface area contributed by atoms with Gasteiger partial charge in [0.1, 0.15) is 18.3 Å². The highest BCUT2D eigenvalue weighted by Crippen LogP contribution is 2.67. The van der Waals surface area contributed by atoms with Crippen molar-refractivity contribution in [3.05, 3.63) is 11.6 Å². The number of ether oxygens (including phenoxy) is 2. The van der Waals surface area contributed by atoms with Crippen molar-refractivity contribution in [2.24, 2.45) is 52.3 Å². The molecule has 5 heteroatoms. The minimum atomic E-state index is -1.22. The van der Waals surface area contributed by atoms with Gasteiger partial charge in [0.25, 0.3) is 0 Å². The van der Waals surface area contributed by atoms with E-state index in [-0.39, 0.29) is 18.1 Å². The van der Waals surface area contributed by atoms with Gasteiger partial charge in [-0.15, -0.1) is 0 Å². The van der Waals surface area contributed by atoms with E-state index in [1.54, 1.807) is 5.57 Å². The molecule has 224 valence electrons. The van der Waals surface area contributed by atoms with E-state index in [1.165, 1.54) is 51.4 Å². The summed E-state index contributed by atoms with van der Waals surface area (Å²) in [5.74, 6) is 5.83. The lowest BCUT2D eigenvalue weighted by Gasteiger charge is -2.58. The zero-order valence-electron chi connectivity index (χ0n) is 25.6. The van der Waals surface area contributed by atoms with E-state index in [9.17, 15) is 15.3 Å². The van der Waals surface area contributed by atoms with Crippen molar-refractivity contribution in [1.82, 2.24) is 0 Å². The van der Waals surface area contributed by atoms with Crippen molar-refractivity contribution in [3.8, 4) is 0 Å². The van der Waals surface area contributed by atoms with Crippen molar-refractivity contribution >= 4 is 0 Å². The Morgan fingerprint density at radius 1 is 0.974 bits per heavy atom. The first-order valence-corrected chi connectivity index (χ1v) is 16.5. The summed E-state index contributed by atoms with van der Waals surface area (Å²) in [5.41, 5.74) is 2.31. The molecule has 4 aliphatic carbocycles. The van der Waals surface area contributed by atoms with E-state index in [2.05, 4.69) is 47.6 Å². The number of allylic oxidation sites excluding steroid dienone is 1. The zero-order chi connectivity index (χ0) is 28.1. The van der Waals surface area contributed by atoms with Gasteiger partial charge < -0.3 is 24.8 Å². The maximum atomic E-state index is 10.4. The zero-order valence-corrected chi connectivity index (χ0v) is 25.6.